The Morgan fingerprint density at radius 2 is 2.44 bits per heavy atom. The Morgan fingerprint density at radius 1 is 1.61 bits per heavy atom. The fraction of sp³-hybridized carbons (Fsp3) is 0.333. The molecule has 2 aromatic rings. The lowest BCUT2D eigenvalue weighted by molar-refractivity contribution is -0.115. The van der Waals surface area contributed by atoms with Crippen molar-refractivity contribution in [2.24, 2.45) is 0 Å². The first-order chi connectivity index (χ1) is 8.74. The Hall–Kier alpha value is -1.66. The number of amides is 1. The van der Waals surface area contributed by atoms with Gasteiger partial charge in [0.25, 0.3) is 0 Å². The van der Waals surface area contributed by atoms with Gasteiger partial charge in [-0.25, -0.2) is 4.68 Å². The normalized spacial score (nSPS) is 10.6. The van der Waals surface area contributed by atoms with E-state index >= 15 is 0 Å². The summed E-state index contributed by atoms with van der Waals surface area (Å²) in [5.74, 6) is 0.561. The Kier molecular flexibility index (Phi) is 4.11. The first kappa shape index (κ1) is 12.8. The quantitative estimate of drug-likeness (QED) is 0.868. The van der Waals surface area contributed by atoms with Gasteiger partial charge in [-0.05, 0) is 11.4 Å². The summed E-state index contributed by atoms with van der Waals surface area (Å²) in [6.45, 7) is 2.15. The van der Waals surface area contributed by atoms with Gasteiger partial charge in [0, 0.05) is 12.5 Å². The number of nitrogens with zero attached hydrogens (tertiary/aromatic N) is 2. The van der Waals surface area contributed by atoms with Gasteiger partial charge in [-0.3, -0.25) is 4.79 Å². The highest BCUT2D eigenvalue weighted by Crippen LogP contribution is 2.26. The van der Waals surface area contributed by atoms with Crippen LogP contribution in [0, 0.1) is 0 Å². The summed E-state index contributed by atoms with van der Waals surface area (Å²) in [6.07, 6.45) is 0.415. The summed E-state index contributed by atoms with van der Waals surface area (Å²) in [5, 5.41) is 18.1. The predicted octanol–water partition coefficient (Wildman–Crippen LogP) is 1.95. The average molecular weight is 265 g/mol. The van der Waals surface area contributed by atoms with Crippen molar-refractivity contribution in [2.45, 2.75) is 19.9 Å². The SMILES string of the molecule is CCC(=O)Nc1cc(-c2cccs2)nn1CCO. The second-order valence-electron chi connectivity index (χ2n) is 3.74. The van der Waals surface area contributed by atoms with E-state index in [1.165, 1.54) is 0 Å². The van der Waals surface area contributed by atoms with E-state index < -0.39 is 0 Å². The Balaban J connectivity index is 2.29. The topological polar surface area (TPSA) is 67.2 Å². The molecule has 0 radical (unpaired) electrons. The summed E-state index contributed by atoms with van der Waals surface area (Å²) >= 11 is 1.59. The molecule has 2 aromatic heterocycles. The molecule has 0 aliphatic heterocycles. The van der Waals surface area contributed by atoms with E-state index in [1.54, 1.807) is 22.9 Å². The van der Waals surface area contributed by atoms with Crippen molar-refractivity contribution >= 4 is 23.1 Å². The van der Waals surface area contributed by atoms with Crippen molar-refractivity contribution in [3.05, 3.63) is 23.6 Å². The minimum Gasteiger partial charge on any atom is -0.394 e. The fourth-order valence-corrected chi connectivity index (χ4v) is 2.24. The first-order valence-corrected chi connectivity index (χ1v) is 6.65. The molecule has 0 bridgehead atoms. The molecule has 0 saturated carbocycles. The fourth-order valence-electron chi connectivity index (χ4n) is 1.56. The van der Waals surface area contributed by atoms with Gasteiger partial charge in [0.15, 0.2) is 0 Å². The lowest BCUT2D eigenvalue weighted by Gasteiger charge is -2.05. The summed E-state index contributed by atoms with van der Waals surface area (Å²) in [5.41, 5.74) is 0.810. The highest BCUT2D eigenvalue weighted by Gasteiger charge is 2.11. The number of thiophene rings is 1. The van der Waals surface area contributed by atoms with Gasteiger partial charge >= 0.3 is 0 Å². The van der Waals surface area contributed by atoms with Gasteiger partial charge in [0.05, 0.1) is 18.0 Å². The van der Waals surface area contributed by atoms with E-state index in [2.05, 4.69) is 10.4 Å². The average Bonchev–Trinajstić information content (AvgIpc) is 2.99. The van der Waals surface area contributed by atoms with Crippen LogP contribution >= 0.6 is 11.3 Å². The number of carbonyl (C=O) groups is 1. The molecule has 0 saturated heterocycles. The molecule has 2 rings (SSSR count). The third-order valence-electron chi connectivity index (χ3n) is 2.45. The second-order valence-corrected chi connectivity index (χ2v) is 4.69. The maximum atomic E-state index is 11.4. The second kappa shape index (κ2) is 5.79. The molecule has 0 fully saturated rings. The molecule has 0 atom stereocenters. The van der Waals surface area contributed by atoms with Crippen molar-refractivity contribution in [3.63, 3.8) is 0 Å². The van der Waals surface area contributed by atoms with Gasteiger partial charge in [-0.15, -0.1) is 11.3 Å². The van der Waals surface area contributed by atoms with Crippen molar-refractivity contribution in [1.29, 1.82) is 0 Å². The minimum atomic E-state index is -0.0631. The minimum absolute atomic E-state index is 0.0133. The van der Waals surface area contributed by atoms with Crippen LogP contribution < -0.4 is 5.32 Å². The molecule has 1 amide bonds. The van der Waals surface area contributed by atoms with Crippen LogP contribution in [-0.4, -0.2) is 27.4 Å². The number of anilines is 1. The van der Waals surface area contributed by atoms with Crippen LogP contribution in [0.25, 0.3) is 10.6 Å². The summed E-state index contributed by atoms with van der Waals surface area (Å²) in [6, 6.07) is 5.76. The van der Waals surface area contributed by atoms with Crippen molar-refractivity contribution in [2.75, 3.05) is 11.9 Å². The van der Waals surface area contributed by atoms with Crippen LogP contribution in [0.1, 0.15) is 13.3 Å². The number of rotatable bonds is 5. The highest BCUT2D eigenvalue weighted by atomic mass is 32.1. The third-order valence-corrected chi connectivity index (χ3v) is 3.35. The molecule has 5 nitrogen and oxygen atoms in total. The molecule has 2 N–H and O–H groups in total. The van der Waals surface area contributed by atoms with Crippen LogP contribution in [0.15, 0.2) is 23.6 Å². The number of aromatic nitrogens is 2. The summed E-state index contributed by atoms with van der Waals surface area (Å²) in [7, 11) is 0. The Bertz CT molecular complexity index is 519. The molecule has 0 aromatic carbocycles. The van der Waals surface area contributed by atoms with Crippen LogP contribution in [0.2, 0.25) is 0 Å². The lowest BCUT2D eigenvalue weighted by atomic mass is 10.3. The first-order valence-electron chi connectivity index (χ1n) is 5.77. The number of aliphatic hydroxyl groups is 1. The van der Waals surface area contributed by atoms with Crippen LogP contribution in [0.3, 0.4) is 0 Å². The molecule has 0 aliphatic rings. The molecule has 0 aliphatic carbocycles. The predicted molar refractivity (Wildman–Crippen MR) is 71.5 cm³/mol. The van der Waals surface area contributed by atoms with E-state index in [1.807, 2.05) is 23.6 Å². The monoisotopic (exact) mass is 265 g/mol. The molecule has 0 spiro atoms. The molecule has 0 unspecified atom stereocenters. The molecule has 18 heavy (non-hydrogen) atoms. The molecule has 96 valence electrons. The highest BCUT2D eigenvalue weighted by molar-refractivity contribution is 7.13. The van der Waals surface area contributed by atoms with Gasteiger partial charge in [0.2, 0.25) is 5.91 Å². The summed E-state index contributed by atoms with van der Waals surface area (Å²) in [4.78, 5) is 12.5. The van der Waals surface area contributed by atoms with Crippen LogP contribution in [0.5, 0.6) is 0 Å². The standard InChI is InChI=1S/C12H15N3O2S/c1-2-12(17)13-11-8-9(10-4-3-7-18-10)14-15(11)5-6-16/h3-4,7-8,16H,2,5-6H2,1H3,(H,13,17). The van der Waals surface area contributed by atoms with E-state index in [9.17, 15) is 4.79 Å². The van der Waals surface area contributed by atoms with Gasteiger partial charge in [0.1, 0.15) is 11.5 Å². The zero-order valence-electron chi connectivity index (χ0n) is 10.1. The number of nitrogens with one attached hydrogen (secondary N) is 1. The molecule has 6 heteroatoms. The number of carbonyl (C=O) groups excluding carboxylic acids is 1. The van der Waals surface area contributed by atoms with E-state index in [-0.39, 0.29) is 12.5 Å². The van der Waals surface area contributed by atoms with E-state index in [4.69, 9.17) is 5.11 Å². The van der Waals surface area contributed by atoms with E-state index in [0.29, 0.717) is 18.8 Å². The van der Waals surface area contributed by atoms with Crippen LogP contribution in [0.4, 0.5) is 5.82 Å². The zero-order chi connectivity index (χ0) is 13.0. The van der Waals surface area contributed by atoms with E-state index in [0.717, 1.165) is 10.6 Å². The lowest BCUT2D eigenvalue weighted by Crippen LogP contribution is -2.15. The van der Waals surface area contributed by atoms with Crippen molar-refractivity contribution in [3.8, 4) is 10.6 Å². The zero-order valence-corrected chi connectivity index (χ0v) is 10.9. The van der Waals surface area contributed by atoms with Crippen molar-refractivity contribution in [1.82, 2.24) is 9.78 Å². The number of aliphatic hydroxyl groups excluding tert-OH is 1. The summed E-state index contributed by atoms with van der Waals surface area (Å²) < 4.78 is 1.61. The number of hydrogen-bond acceptors (Lipinski definition) is 4. The van der Waals surface area contributed by atoms with Gasteiger partial charge in [-0.2, -0.15) is 5.10 Å². The third kappa shape index (κ3) is 2.77. The maximum Gasteiger partial charge on any atom is 0.225 e. The Morgan fingerprint density at radius 3 is 3.06 bits per heavy atom. The molecular weight excluding hydrogens is 250 g/mol. The molecular formula is C12H15N3O2S. The van der Waals surface area contributed by atoms with Gasteiger partial charge in [-0.1, -0.05) is 13.0 Å². The molecule has 2 heterocycles. The maximum absolute atomic E-state index is 11.4. The Labute approximate surface area is 109 Å². The van der Waals surface area contributed by atoms with Gasteiger partial charge < -0.3 is 10.4 Å². The van der Waals surface area contributed by atoms with Crippen molar-refractivity contribution < 1.29 is 9.90 Å². The largest absolute Gasteiger partial charge is 0.394 e. The van der Waals surface area contributed by atoms with Crippen LogP contribution in [-0.2, 0) is 11.3 Å². The smallest absolute Gasteiger partial charge is 0.225 e. The number of hydrogen-bond donors (Lipinski definition) is 2.